The van der Waals surface area contributed by atoms with Crippen LogP contribution in [0.25, 0.3) is 0 Å². The fourth-order valence-corrected chi connectivity index (χ4v) is 1.85. The van der Waals surface area contributed by atoms with Gasteiger partial charge in [0, 0.05) is 12.1 Å². The fraction of sp³-hybridized carbons (Fsp3) is 0.364. The number of benzene rings is 1. The zero-order chi connectivity index (χ0) is 12.1. The molecule has 1 aromatic carbocycles. The predicted octanol–water partition coefficient (Wildman–Crippen LogP) is 2.06. The minimum absolute atomic E-state index is 0.0251. The highest BCUT2D eigenvalue weighted by molar-refractivity contribution is 6.36. The molecular weight excluding hydrogens is 232 g/mol. The third-order valence-electron chi connectivity index (χ3n) is 2.53. The first-order chi connectivity index (χ1) is 7.33. The van der Waals surface area contributed by atoms with E-state index >= 15 is 0 Å². The molecule has 1 unspecified atom stereocenters. The first kappa shape index (κ1) is 11.1. The number of hydrogen-bond acceptors (Lipinski definition) is 4. The number of aromatic hydroxyl groups is 2. The van der Waals surface area contributed by atoms with Crippen molar-refractivity contribution < 1.29 is 19.7 Å². The fourth-order valence-electron chi connectivity index (χ4n) is 1.69. The topological polar surface area (TPSA) is 66.8 Å². The Bertz CT molecular complexity index is 467. The minimum Gasteiger partial charge on any atom is -0.508 e. The van der Waals surface area contributed by atoms with Gasteiger partial charge in [-0.25, -0.2) is 0 Å². The minimum atomic E-state index is -0.869. The number of Topliss-reactive ketones (excluding diaryl/α,β-unsaturated/α-hetero) is 1. The van der Waals surface area contributed by atoms with Gasteiger partial charge in [0.2, 0.25) is 0 Å². The summed E-state index contributed by atoms with van der Waals surface area (Å²) in [7, 11) is 0. The first-order valence-corrected chi connectivity index (χ1v) is 5.20. The lowest BCUT2D eigenvalue weighted by Gasteiger charge is -2.35. The molecule has 0 spiro atoms. The van der Waals surface area contributed by atoms with E-state index in [1.165, 1.54) is 6.07 Å². The Morgan fingerprint density at radius 2 is 2.00 bits per heavy atom. The molecule has 1 atom stereocenters. The molecule has 0 saturated heterocycles. The third kappa shape index (κ3) is 1.50. The number of carbonyl (C=O) groups excluding carboxylic acids is 1. The summed E-state index contributed by atoms with van der Waals surface area (Å²) in [4.78, 5) is 11.9. The van der Waals surface area contributed by atoms with Crippen LogP contribution in [0.5, 0.6) is 17.2 Å². The maximum Gasteiger partial charge on any atom is 0.192 e. The summed E-state index contributed by atoms with van der Waals surface area (Å²) in [6.07, 6.45) is 0. The lowest BCUT2D eigenvalue weighted by atomic mass is 9.92. The molecule has 0 amide bonds. The van der Waals surface area contributed by atoms with Gasteiger partial charge >= 0.3 is 0 Å². The number of phenolic OH excluding ortho intramolecular Hbond substituents is 2. The molecule has 1 aromatic rings. The lowest BCUT2D eigenvalue weighted by molar-refractivity contribution is 0.0637. The molecule has 0 fully saturated rings. The van der Waals surface area contributed by atoms with Crippen molar-refractivity contribution in [2.24, 2.45) is 0 Å². The van der Waals surface area contributed by atoms with Crippen LogP contribution in [-0.4, -0.2) is 27.0 Å². The molecule has 1 aliphatic rings. The summed E-state index contributed by atoms with van der Waals surface area (Å²) >= 11 is 5.95. The second kappa shape index (κ2) is 3.28. The Morgan fingerprint density at radius 1 is 1.38 bits per heavy atom. The van der Waals surface area contributed by atoms with Gasteiger partial charge in [-0.05, 0) is 13.8 Å². The number of hydrogen-bond donors (Lipinski definition) is 2. The zero-order valence-electron chi connectivity index (χ0n) is 8.82. The van der Waals surface area contributed by atoms with Gasteiger partial charge in [-0.3, -0.25) is 4.79 Å². The number of ketones is 1. The van der Waals surface area contributed by atoms with E-state index in [1.54, 1.807) is 13.8 Å². The molecule has 0 radical (unpaired) electrons. The van der Waals surface area contributed by atoms with Gasteiger partial charge in [-0.2, -0.15) is 0 Å². The van der Waals surface area contributed by atoms with Crippen molar-refractivity contribution in [3.63, 3.8) is 0 Å². The number of alkyl halides is 1. The van der Waals surface area contributed by atoms with Gasteiger partial charge in [-0.15, -0.1) is 11.6 Å². The summed E-state index contributed by atoms with van der Waals surface area (Å²) < 4.78 is 5.49. The van der Waals surface area contributed by atoms with Crippen molar-refractivity contribution in [3.05, 3.63) is 17.7 Å². The van der Waals surface area contributed by atoms with Crippen molar-refractivity contribution in [2.45, 2.75) is 24.8 Å². The molecule has 0 bridgehead atoms. The number of ether oxygens (including phenoxy) is 1. The normalized spacial score (nSPS) is 22.4. The molecule has 0 aliphatic carbocycles. The molecule has 86 valence electrons. The van der Waals surface area contributed by atoms with E-state index in [9.17, 15) is 15.0 Å². The zero-order valence-corrected chi connectivity index (χ0v) is 9.58. The van der Waals surface area contributed by atoms with Crippen LogP contribution in [0.15, 0.2) is 12.1 Å². The molecule has 0 aromatic heterocycles. The third-order valence-corrected chi connectivity index (χ3v) is 3.25. The monoisotopic (exact) mass is 242 g/mol. The van der Waals surface area contributed by atoms with E-state index in [0.29, 0.717) is 0 Å². The summed E-state index contributed by atoms with van der Waals surface area (Å²) in [5.41, 5.74) is -0.844. The van der Waals surface area contributed by atoms with Gasteiger partial charge in [0.05, 0.1) is 0 Å². The molecule has 4 nitrogen and oxygen atoms in total. The Morgan fingerprint density at radius 3 is 2.62 bits per heavy atom. The van der Waals surface area contributed by atoms with Crippen molar-refractivity contribution in [2.75, 3.05) is 0 Å². The molecular formula is C11H11ClO4. The van der Waals surface area contributed by atoms with Crippen LogP contribution < -0.4 is 4.74 Å². The van der Waals surface area contributed by atoms with Crippen LogP contribution in [0.3, 0.4) is 0 Å². The van der Waals surface area contributed by atoms with Crippen LogP contribution in [0, 0.1) is 0 Å². The van der Waals surface area contributed by atoms with Crippen molar-refractivity contribution in [1.82, 2.24) is 0 Å². The van der Waals surface area contributed by atoms with E-state index in [4.69, 9.17) is 16.3 Å². The van der Waals surface area contributed by atoms with E-state index < -0.39 is 16.8 Å². The smallest absolute Gasteiger partial charge is 0.192 e. The van der Waals surface area contributed by atoms with Gasteiger partial charge in [-0.1, -0.05) is 0 Å². The van der Waals surface area contributed by atoms with E-state index in [1.807, 2.05) is 0 Å². The highest BCUT2D eigenvalue weighted by atomic mass is 35.5. The molecule has 1 heterocycles. The van der Waals surface area contributed by atoms with E-state index in [2.05, 4.69) is 0 Å². The lowest BCUT2D eigenvalue weighted by Crippen LogP contribution is -2.47. The molecule has 16 heavy (non-hydrogen) atoms. The quantitative estimate of drug-likeness (QED) is 0.684. The molecule has 5 heteroatoms. The second-order valence-electron chi connectivity index (χ2n) is 4.27. The number of fused-ring (bicyclic) bond motifs is 1. The van der Waals surface area contributed by atoms with Crippen LogP contribution in [0.1, 0.15) is 24.2 Å². The Labute approximate surface area is 97.4 Å². The summed E-state index contributed by atoms with van der Waals surface area (Å²) in [5.74, 6) is -0.719. The largest absolute Gasteiger partial charge is 0.508 e. The summed E-state index contributed by atoms with van der Waals surface area (Å²) in [5, 5.41) is 18.0. The molecule has 0 saturated carbocycles. The van der Waals surface area contributed by atoms with Crippen LogP contribution >= 0.6 is 11.6 Å². The summed E-state index contributed by atoms with van der Waals surface area (Å²) in [6, 6.07) is 2.37. The van der Waals surface area contributed by atoms with Crippen molar-refractivity contribution in [1.29, 1.82) is 0 Å². The number of halogens is 1. The van der Waals surface area contributed by atoms with Crippen LogP contribution in [-0.2, 0) is 0 Å². The number of phenols is 2. The SMILES string of the molecule is CC1(C)Oc2cc(O)cc(O)c2C(=O)C1Cl. The maximum atomic E-state index is 11.9. The van der Waals surface area contributed by atoms with Crippen molar-refractivity contribution in [3.8, 4) is 17.2 Å². The predicted molar refractivity (Wildman–Crippen MR) is 58.5 cm³/mol. The van der Waals surface area contributed by atoms with Crippen LogP contribution in [0.4, 0.5) is 0 Å². The number of carbonyl (C=O) groups is 1. The standard InChI is InChI=1S/C11H11ClO4/c1-11(2)10(12)9(15)8-6(14)3-5(13)4-7(8)16-11/h3-4,10,13-14H,1-2H3. The Kier molecular flexibility index (Phi) is 2.27. The van der Waals surface area contributed by atoms with Crippen molar-refractivity contribution >= 4 is 17.4 Å². The Balaban J connectivity index is 2.64. The molecule has 2 rings (SSSR count). The van der Waals surface area contributed by atoms with E-state index in [0.717, 1.165) is 6.07 Å². The molecule has 2 N–H and O–H groups in total. The van der Waals surface area contributed by atoms with Gasteiger partial charge < -0.3 is 14.9 Å². The molecule has 1 aliphatic heterocycles. The Hall–Kier alpha value is -1.42. The number of rotatable bonds is 0. The van der Waals surface area contributed by atoms with Gasteiger partial charge in [0.25, 0.3) is 0 Å². The second-order valence-corrected chi connectivity index (χ2v) is 4.71. The average molecular weight is 243 g/mol. The summed E-state index contributed by atoms with van der Waals surface area (Å²) in [6.45, 7) is 3.35. The first-order valence-electron chi connectivity index (χ1n) is 4.76. The van der Waals surface area contributed by atoms with Gasteiger partial charge in [0.1, 0.15) is 33.8 Å². The highest BCUT2D eigenvalue weighted by Gasteiger charge is 2.43. The van der Waals surface area contributed by atoms with E-state index in [-0.39, 0.29) is 22.8 Å². The average Bonchev–Trinajstić information content (AvgIpc) is 2.12. The van der Waals surface area contributed by atoms with Gasteiger partial charge in [0.15, 0.2) is 5.78 Å². The maximum absolute atomic E-state index is 11.9. The highest BCUT2D eigenvalue weighted by Crippen LogP contribution is 2.42. The van der Waals surface area contributed by atoms with Crippen LogP contribution in [0.2, 0.25) is 0 Å².